The first-order valence-corrected chi connectivity index (χ1v) is 8.46. The minimum atomic E-state index is -0.420. The van der Waals surface area contributed by atoms with Crippen LogP contribution in [0.25, 0.3) is 11.0 Å². The molecule has 0 saturated heterocycles. The Morgan fingerprint density at radius 2 is 1.96 bits per heavy atom. The number of hydrogen-bond donors (Lipinski definition) is 1. The molecule has 0 spiro atoms. The second kappa shape index (κ2) is 7.01. The second-order valence-corrected chi connectivity index (χ2v) is 6.29. The summed E-state index contributed by atoms with van der Waals surface area (Å²) in [7, 11) is 0. The molecule has 3 rings (SSSR count). The first kappa shape index (κ1) is 16.5. The van der Waals surface area contributed by atoms with E-state index in [9.17, 15) is 9.59 Å². The molecule has 0 bridgehead atoms. The minimum Gasteiger partial charge on any atom is -0.423 e. The number of carbonyl (C=O) groups excluding carboxylic acids is 1. The fourth-order valence-corrected chi connectivity index (χ4v) is 3.02. The van der Waals surface area contributed by atoms with Crippen molar-refractivity contribution in [2.45, 2.75) is 19.9 Å². The summed E-state index contributed by atoms with van der Waals surface area (Å²) in [4.78, 5) is 24.1. The van der Waals surface area contributed by atoms with Crippen LogP contribution in [0.15, 0.2) is 62.2 Å². The summed E-state index contributed by atoms with van der Waals surface area (Å²) < 4.78 is 5.97. The molecule has 0 unspecified atom stereocenters. The Bertz CT molecular complexity index is 962. The van der Waals surface area contributed by atoms with Gasteiger partial charge in [0, 0.05) is 22.5 Å². The molecule has 1 N–H and O–H groups in total. The number of fused-ring (bicyclic) bond motifs is 1. The Morgan fingerprint density at radius 1 is 1.17 bits per heavy atom. The zero-order valence-corrected chi connectivity index (χ0v) is 14.7. The van der Waals surface area contributed by atoms with Gasteiger partial charge in [0.15, 0.2) is 0 Å². The SMILES string of the molecule is CCc1ccc2oc(=O)cc(CNC(=O)c3ccccc3Br)c2c1. The number of hydrogen-bond acceptors (Lipinski definition) is 3. The zero-order valence-electron chi connectivity index (χ0n) is 13.1. The molecule has 0 radical (unpaired) electrons. The highest BCUT2D eigenvalue weighted by Crippen LogP contribution is 2.20. The van der Waals surface area contributed by atoms with E-state index in [0.29, 0.717) is 11.1 Å². The predicted molar refractivity (Wildman–Crippen MR) is 97.2 cm³/mol. The van der Waals surface area contributed by atoms with Crippen LogP contribution in [0.2, 0.25) is 0 Å². The molecular weight excluding hydrogens is 370 g/mol. The van der Waals surface area contributed by atoms with E-state index in [1.807, 2.05) is 24.3 Å². The smallest absolute Gasteiger partial charge is 0.336 e. The van der Waals surface area contributed by atoms with Crippen LogP contribution in [0.4, 0.5) is 0 Å². The Balaban J connectivity index is 1.91. The normalized spacial score (nSPS) is 10.8. The van der Waals surface area contributed by atoms with Crippen molar-refractivity contribution in [3.8, 4) is 0 Å². The average Bonchev–Trinajstić information content (AvgIpc) is 2.59. The van der Waals surface area contributed by atoms with Crippen molar-refractivity contribution in [1.29, 1.82) is 0 Å². The summed E-state index contributed by atoms with van der Waals surface area (Å²) in [6.07, 6.45) is 0.887. The van der Waals surface area contributed by atoms with Crippen LogP contribution in [0.1, 0.15) is 28.4 Å². The van der Waals surface area contributed by atoms with Gasteiger partial charge in [0.05, 0.1) is 5.56 Å². The molecule has 1 amide bonds. The van der Waals surface area contributed by atoms with E-state index in [4.69, 9.17) is 4.42 Å². The molecule has 0 fully saturated rings. The quantitative estimate of drug-likeness (QED) is 0.689. The standard InChI is InChI=1S/C19H16BrNO3/c1-2-12-7-8-17-15(9-12)13(10-18(22)24-17)11-21-19(23)14-5-3-4-6-16(14)20/h3-10H,2,11H2,1H3,(H,21,23). The van der Waals surface area contributed by atoms with Crippen molar-refractivity contribution in [2.75, 3.05) is 0 Å². The van der Waals surface area contributed by atoms with Crippen molar-refractivity contribution in [2.24, 2.45) is 0 Å². The molecule has 0 saturated carbocycles. The third-order valence-electron chi connectivity index (χ3n) is 3.86. The van der Waals surface area contributed by atoms with Crippen LogP contribution >= 0.6 is 15.9 Å². The molecule has 4 nitrogen and oxygen atoms in total. The summed E-state index contributed by atoms with van der Waals surface area (Å²) in [6.45, 7) is 2.32. The molecule has 24 heavy (non-hydrogen) atoms. The highest BCUT2D eigenvalue weighted by molar-refractivity contribution is 9.10. The highest BCUT2D eigenvalue weighted by Gasteiger charge is 2.11. The number of halogens is 1. The summed E-state index contributed by atoms with van der Waals surface area (Å²) in [5.41, 5.74) is 2.56. The average molecular weight is 386 g/mol. The lowest BCUT2D eigenvalue weighted by atomic mass is 10.1. The molecule has 122 valence electrons. The lowest BCUT2D eigenvalue weighted by Crippen LogP contribution is -2.23. The Kier molecular flexibility index (Phi) is 4.81. The van der Waals surface area contributed by atoms with Crippen LogP contribution < -0.4 is 10.9 Å². The summed E-state index contributed by atoms with van der Waals surface area (Å²) in [6, 6.07) is 14.4. The molecule has 3 aromatic rings. The largest absolute Gasteiger partial charge is 0.423 e. The molecule has 1 aromatic heterocycles. The van der Waals surface area contributed by atoms with Gasteiger partial charge in [0.2, 0.25) is 0 Å². The van der Waals surface area contributed by atoms with Crippen LogP contribution in [0.5, 0.6) is 0 Å². The van der Waals surface area contributed by atoms with Gasteiger partial charge in [-0.1, -0.05) is 25.1 Å². The molecule has 5 heteroatoms. The Hall–Kier alpha value is -2.40. The molecule has 0 aliphatic rings. The fraction of sp³-hybridized carbons (Fsp3) is 0.158. The van der Waals surface area contributed by atoms with Crippen LogP contribution in [-0.4, -0.2) is 5.91 Å². The molecule has 2 aromatic carbocycles. The van der Waals surface area contributed by atoms with Gasteiger partial charge in [-0.25, -0.2) is 4.79 Å². The molecular formula is C19H16BrNO3. The van der Waals surface area contributed by atoms with E-state index >= 15 is 0 Å². The monoisotopic (exact) mass is 385 g/mol. The topological polar surface area (TPSA) is 59.3 Å². The number of amides is 1. The lowest BCUT2D eigenvalue weighted by Gasteiger charge is -2.09. The van der Waals surface area contributed by atoms with E-state index in [0.717, 1.165) is 27.4 Å². The summed E-state index contributed by atoms with van der Waals surface area (Å²) in [5, 5.41) is 3.71. The number of benzene rings is 2. The van der Waals surface area contributed by atoms with Gasteiger partial charge < -0.3 is 9.73 Å². The van der Waals surface area contributed by atoms with Crippen molar-refractivity contribution in [3.05, 3.63) is 80.1 Å². The maximum Gasteiger partial charge on any atom is 0.336 e. The maximum absolute atomic E-state index is 12.3. The number of nitrogens with one attached hydrogen (secondary N) is 1. The van der Waals surface area contributed by atoms with Crippen LogP contribution in [0.3, 0.4) is 0 Å². The van der Waals surface area contributed by atoms with Gasteiger partial charge in [0.1, 0.15) is 5.58 Å². The van der Waals surface area contributed by atoms with Gasteiger partial charge in [-0.15, -0.1) is 0 Å². The van der Waals surface area contributed by atoms with E-state index in [1.165, 1.54) is 6.07 Å². The van der Waals surface area contributed by atoms with Crippen molar-refractivity contribution in [3.63, 3.8) is 0 Å². The van der Waals surface area contributed by atoms with Gasteiger partial charge in [-0.05, 0) is 57.7 Å². The van der Waals surface area contributed by atoms with E-state index < -0.39 is 5.63 Å². The fourth-order valence-electron chi connectivity index (χ4n) is 2.56. The predicted octanol–water partition coefficient (Wildman–Crippen LogP) is 4.05. The van der Waals surface area contributed by atoms with Crippen LogP contribution in [-0.2, 0) is 13.0 Å². The van der Waals surface area contributed by atoms with Gasteiger partial charge >= 0.3 is 5.63 Å². The highest BCUT2D eigenvalue weighted by atomic mass is 79.9. The first-order chi connectivity index (χ1) is 11.6. The Labute approximate surface area is 147 Å². The van der Waals surface area contributed by atoms with E-state index in [2.05, 4.69) is 28.2 Å². The molecule has 0 atom stereocenters. The first-order valence-electron chi connectivity index (χ1n) is 7.67. The van der Waals surface area contributed by atoms with E-state index in [-0.39, 0.29) is 12.5 Å². The van der Waals surface area contributed by atoms with Gasteiger partial charge in [-0.3, -0.25) is 4.79 Å². The Morgan fingerprint density at radius 3 is 2.71 bits per heavy atom. The van der Waals surface area contributed by atoms with Crippen molar-refractivity contribution < 1.29 is 9.21 Å². The summed E-state index contributed by atoms with van der Waals surface area (Å²) in [5.74, 6) is -0.199. The lowest BCUT2D eigenvalue weighted by molar-refractivity contribution is 0.0950. The second-order valence-electron chi connectivity index (χ2n) is 5.44. The number of carbonyl (C=O) groups is 1. The van der Waals surface area contributed by atoms with Crippen LogP contribution in [0, 0.1) is 0 Å². The third-order valence-corrected chi connectivity index (χ3v) is 4.55. The number of aryl methyl sites for hydroxylation is 1. The molecule has 1 heterocycles. The summed E-state index contributed by atoms with van der Waals surface area (Å²) >= 11 is 3.37. The molecule has 0 aliphatic heterocycles. The van der Waals surface area contributed by atoms with Crippen molar-refractivity contribution >= 4 is 32.8 Å². The minimum absolute atomic E-state index is 0.199. The van der Waals surface area contributed by atoms with Gasteiger partial charge in [0.25, 0.3) is 5.91 Å². The molecule has 0 aliphatic carbocycles. The van der Waals surface area contributed by atoms with Gasteiger partial charge in [-0.2, -0.15) is 0 Å². The van der Waals surface area contributed by atoms with Crippen molar-refractivity contribution in [1.82, 2.24) is 5.32 Å². The maximum atomic E-state index is 12.3. The van der Waals surface area contributed by atoms with E-state index in [1.54, 1.807) is 18.2 Å². The third kappa shape index (κ3) is 3.41. The number of rotatable bonds is 4. The zero-order chi connectivity index (χ0) is 17.1.